The summed E-state index contributed by atoms with van der Waals surface area (Å²) < 4.78 is 5.73. The third-order valence-electron chi connectivity index (χ3n) is 3.39. The van der Waals surface area contributed by atoms with E-state index in [1.54, 1.807) is 18.2 Å². The SMILES string of the molecule is CC(=O)NC1=NC(=O)/C(=C/c2ccc(OCc3ccccc3)c(Cl)c2)S1. The van der Waals surface area contributed by atoms with Gasteiger partial charge in [0.05, 0.1) is 9.93 Å². The van der Waals surface area contributed by atoms with Crippen molar-refractivity contribution in [2.75, 3.05) is 0 Å². The molecule has 1 N–H and O–H groups in total. The van der Waals surface area contributed by atoms with Crippen molar-refractivity contribution < 1.29 is 14.3 Å². The first-order valence-corrected chi connectivity index (χ1v) is 8.97. The van der Waals surface area contributed by atoms with Gasteiger partial charge in [-0.25, -0.2) is 0 Å². The quantitative estimate of drug-likeness (QED) is 0.805. The van der Waals surface area contributed by atoms with Gasteiger partial charge in [-0.3, -0.25) is 9.59 Å². The van der Waals surface area contributed by atoms with E-state index in [0.29, 0.717) is 22.3 Å². The average Bonchev–Trinajstić information content (AvgIpc) is 2.93. The number of ether oxygens (including phenoxy) is 1. The van der Waals surface area contributed by atoms with Crippen LogP contribution in [0.25, 0.3) is 6.08 Å². The Hall–Kier alpha value is -2.57. The Morgan fingerprint density at radius 2 is 2.04 bits per heavy atom. The van der Waals surface area contributed by atoms with E-state index in [2.05, 4.69) is 10.3 Å². The topological polar surface area (TPSA) is 67.8 Å². The number of halogens is 1. The molecule has 0 bridgehead atoms. The average molecular weight is 387 g/mol. The van der Waals surface area contributed by atoms with Crippen molar-refractivity contribution in [1.82, 2.24) is 5.32 Å². The molecule has 0 spiro atoms. The molecule has 5 nitrogen and oxygen atoms in total. The number of aliphatic imine (C=N–C) groups is 1. The molecular weight excluding hydrogens is 372 g/mol. The maximum absolute atomic E-state index is 11.9. The first-order valence-electron chi connectivity index (χ1n) is 7.78. The van der Waals surface area contributed by atoms with Crippen LogP contribution < -0.4 is 10.1 Å². The number of nitrogens with one attached hydrogen (secondary N) is 1. The van der Waals surface area contributed by atoms with Crippen LogP contribution in [0.5, 0.6) is 5.75 Å². The van der Waals surface area contributed by atoms with Crippen LogP contribution in [0.15, 0.2) is 58.4 Å². The van der Waals surface area contributed by atoms with E-state index in [1.807, 2.05) is 36.4 Å². The van der Waals surface area contributed by atoms with Crippen molar-refractivity contribution in [3.05, 3.63) is 69.6 Å². The fourth-order valence-electron chi connectivity index (χ4n) is 2.22. The fourth-order valence-corrected chi connectivity index (χ4v) is 3.33. The Bertz CT molecular complexity index is 910. The van der Waals surface area contributed by atoms with E-state index < -0.39 is 0 Å². The molecule has 0 saturated carbocycles. The van der Waals surface area contributed by atoms with E-state index in [-0.39, 0.29) is 17.0 Å². The van der Waals surface area contributed by atoms with Crippen LogP contribution in [0, 0.1) is 0 Å². The maximum atomic E-state index is 11.9. The van der Waals surface area contributed by atoms with Gasteiger partial charge in [0.2, 0.25) is 5.91 Å². The lowest BCUT2D eigenvalue weighted by atomic mass is 10.2. The highest BCUT2D eigenvalue weighted by atomic mass is 35.5. The van der Waals surface area contributed by atoms with Gasteiger partial charge in [0.15, 0.2) is 5.17 Å². The van der Waals surface area contributed by atoms with E-state index >= 15 is 0 Å². The molecule has 0 fully saturated rings. The number of carbonyl (C=O) groups excluding carboxylic acids is 2. The largest absolute Gasteiger partial charge is 0.487 e. The predicted octanol–water partition coefficient (Wildman–Crippen LogP) is 4.03. The van der Waals surface area contributed by atoms with Crippen LogP contribution in [0.3, 0.4) is 0 Å². The molecule has 0 atom stereocenters. The van der Waals surface area contributed by atoms with Gasteiger partial charge in [-0.2, -0.15) is 4.99 Å². The van der Waals surface area contributed by atoms with Crippen LogP contribution in [-0.4, -0.2) is 17.0 Å². The molecule has 0 aromatic heterocycles. The number of rotatable bonds is 4. The van der Waals surface area contributed by atoms with Crippen LogP contribution in [0.2, 0.25) is 5.02 Å². The van der Waals surface area contributed by atoms with Crippen molar-refractivity contribution in [2.24, 2.45) is 4.99 Å². The second kappa shape index (κ2) is 8.21. The normalized spacial score (nSPS) is 15.1. The molecule has 1 heterocycles. The number of benzene rings is 2. The van der Waals surface area contributed by atoms with Crippen molar-refractivity contribution >= 4 is 46.4 Å². The number of amides is 2. The molecule has 0 unspecified atom stereocenters. The highest BCUT2D eigenvalue weighted by Crippen LogP contribution is 2.31. The Labute approximate surface area is 160 Å². The number of amidine groups is 1. The summed E-state index contributed by atoms with van der Waals surface area (Å²) in [4.78, 5) is 27.2. The summed E-state index contributed by atoms with van der Waals surface area (Å²) in [5, 5.41) is 3.24. The van der Waals surface area contributed by atoms with E-state index in [1.165, 1.54) is 6.92 Å². The number of nitrogens with zero attached hydrogens (tertiary/aromatic N) is 1. The van der Waals surface area contributed by atoms with Crippen LogP contribution in [0.4, 0.5) is 0 Å². The number of thioether (sulfide) groups is 1. The smallest absolute Gasteiger partial charge is 0.286 e. The summed E-state index contributed by atoms with van der Waals surface area (Å²) in [6, 6.07) is 15.1. The summed E-state index contributed by atoms with van der Waals surface area (Å²) in [6.07, 6.45) is 1.68. The first-order chi connectivity index (χ1) is 12.5. The Morgan fingerprint density at radius 3 is 2.73 bits per heavy atom. The van der Waals surface area contributed by atoms with E-state index in [4.69, 9.17) is 16.3 Å². The third kappa shape index (κ3) is 4.74. The molecular formula is C19H15ClN2O3S. The summed E-state index contributed by atoms with van der Waals surface area (Å²) in [7, 11) is 0. The van der Waals surface area contributed by atoms with Gasteiger partial charge in [-0.05, 0) is 41.1 Å². The minimum Gasteiger partial charge on any atom is -0.487 e. The molecule has 26 heavy (non-hydrogen) atoms. The van der Waals surface area contributed by atoms with Crippen molar-refractivity contribution in [3.63, 3.8) is 0 Å². The molecule has 1 aliphatic heterocycles. The van der Waals surface area contributed by atoms with Gasteiger partial charge in [-0.1, -0.05) is 48.0 Å². The van der Waals surface area contributed by atoms with Gasteiger partial charge in [0, 0.05) is 6.92 Å². The van der Waals surface area contributed by atoms with Crippen molar-refractivity contribution in [2.45, 2.75) is 13.5 Å². The molecule has 7 heteroatoms. The van der Waals surface area contributed by atoms with Gasteiger partial charge < -0.3 is 10.1 Å². The molecule has 3 rings (SSSR count). The Balaban J connectivity index is 1.68. The lowest BCUT2D eigenvalue weighted by Gasteiger charge is -2.09. The van der Waals surface area contributed by atoms with Gasteiger partial charge in [0.1, 0.15) is 12.4 Å². The predicted molar refractivity (Wildman–Crippen MR) is 104 cm³/mol. The summed E-state index contributed by atoms with van der Waals surface area (Å²) >= 11 is 7.40. The summed E-state index contributed by atoms with van der Waals surface area (Å²) in [6.45, 7) is 1.78. The lowest BCUT2D eigenvalue weighted by molar-refractivity contribution is -0.117. The minimum absolute atomic E-state index is 0.270. The summed E-state index contributed by atoms with van der Waals surface area (Å²) in [5.41, 5.74) is 1.79. The molecule has 0 saturated heterocycles. The number of carbonyl (C=O) groups is 2. The van der Waals surface area contributed by atoms with Crippen LogP contribution in [-0.2, 0) is 16.2 Å². The zero-order valence-corrected chi connectivity index (χ0v) is 15.4. The molecule has 2 aromatic rings. The summed E-state index contributed by atoms with van der Waals surface area (Å²) in [5.74, 6) is -0.0919. The Kier molecular flexibility index (Phi) is 5.75. The van der Waals surface area contributed by atoms with Crippen molar-refractivity contribution in [1.29, 1.82) is 0 Å². The van der Waals surface area contributed by atoms with Gasteiger partial charge >= 0.3 is 0 Å². The molecule has 2 amide bonds. The molecule has 0 radical (unpaired) electrons. The highest BCUT2D eigenvalue weighted by molar-refractivity contribution is 8.18. The van der Waals surface area contributed by atoms with E-state index in [0.717, 1.165) is 22.9 Å². The molecule has 132 valence electrons. The number of hydrogen-bond donors (Lipinski definition) is 1. The zero-order valence-electron chi connectivity index (χ0n) is 13.9. The second-order valence-electron chi connectivity index (χ2n) is 5.48. The van der Waals surface area contributed by atoms with Crippen LogP contribution >= 0.6 is 23.4 Å². The molecule has 0 aliphatic carbocycles. The second-order valence-corrected chi connectivity index (χ2v) is 6.92. The Morgan fingerprint density at radius 1 is 1.27 bits per heavy atom. The standard InChI is InChI=1S/C19H15ClN2O3S/c1-12(23)21-19-22-18(24)17(26-19)10-14-7-8-16(15(20)9-14)25-11-13-5-3-2-4-6-13/h2-10H,11H2,1H3,(H,21,22,23,24)/b17-10-. The van der Waals surface area contributed by atoms with Gasteiger partial charge in [0.25, 0.3) is 5.91 Å². The highest BCUT2D eigenvalue weighted by Gasteiger charge is 2.22. The number of hydrogen-bond acceptors (Lipinski definition) is 4. The maximum Gasteiger partial charge on any atom is 0.286 e. The zero-order chi connectivity index (χ0) is 18.5. The third-order valence-corrected chi connectivity index (χ3v) is 4.59. The molecule has 2 aromatic carbocycles. The molecule has 1 aliphatic rings. The fraction of sp³-hybridized carbons (Fsp3) is 0.105. The van der Waals surface area contributed by atoms with Gasteiger partial charge in [-0.15, -0.1) is 0 Å². The lowest BCUT2D eigenvalue weighted by Crippen LogP contribution is -2.23. The van der Waals surface area contributed by atoms with E-state index in [9.17, 15) is 9.59 Å². The first kappa shape index (κ1) is 18.2. The minimum atomic E-state index is -0.390. The van der Waals surface area contributed by atoms with Crippen molar-refractivity contribution in [3.8, 4) is 5.75 Å². The monoisotopic (exact) mass is 386 g/mol. The van der Waals surface area contributed by atoms with Crippen LogP contribution in [0.1, 0.15) is 18.1 Å².